The van der Waals surface area contributed by atoms with Gasteiger partial charge >= 0.3 is 0 Å². The molecule has 0 heterocycles. The highest BCUT2D eigenvalue weighted by atomic mass is 16.5. The van der Waals surface area contributed by atoms with Crippen molar-refractivity contribution in [2.45, 2.75) is 111 Å². The Morgan fingerprint density at radius 1 is 0.667 bits per heavy atom. The summed E-state index contributed by atoms with van der Waals surface area (Å²) in [5, 5.41) is 0. The predicted octanol–water partition coefficient (Wildman–Crippen LogP) is 7.41. The maximum atomic E-state index is 5.65. The molecule has 0 radical (unpaired) electrons. The van der Waals surface area contributed by atoms with Gasteiger partial charge in [0.05, 0.1) is 12.9 Å². The molecule has 0 amide bonds. The molecule has 0 aliphatic carbocycles. The summed E-state index contributed by atoms with van der Waals surface area (Å²) in [5.74, 6) is 0. The first-order valence-electron chi connectivity index (χ1n) is 9.58. The van der Waals surface area contributed by atoms with Crippen LogP contribution in [0.1, 0.15) is 111 Å². The minimum Gasteiger partial charge on any atom is -0.501 e. The van der Waals surface area contributed by atoms with Crippen LogP contribution in [0.4, 0.5) is 0 Å². The Kier molecular flexibility index (Phi) is 17.2. The van der Waals surface area contributed by atoms with Crippen molar-refractivity contribution >= 4 is 0 Å². The monoisotopic (exact) mass is 296 g/mol. The molecule has 0 aromatic carbocycles. The van der Waals surface area contributed by atoms with Crippen molar-refractivity contribution in [1.29, 1.82) is 0 Å². The molecule has 0 N–H and O–H groups in total. The van der Waals surface area contributed by atoms with Gasteiger partial charge in [0.2, 0.25) is 0 Å². The van der Waals surface area contributed by atoms with Crippen LogP contribution in [-0.4, -0.2) is 6.61 Å². The van der Waals surface area contributed by atoms with Crippen molar-refractivity contribution in [1.82, 2.24) is 0 Å². The van der Waals surface area contributed by atoms with Crippen LogP contribution in [0.25, 0.3) is 0 Å². The highest BCUT2D eigenvalue weighted by Crippen LogP contribution is 2.12. The number of allylic oxidation sites excluding steroid dienone is 1. The highest BCUT2D eigenvalue weighted by molar-refractivity contribution is 4.92. The molecule has 126 valence electrons. The van der Waals surface area contributed by atoms with Crippen molar-refractivity contribution in [2.75, 3.05) is 6.61 Å². The number of unbranched alkanes of at least 4 members (excludes halogenated alkanes) is 11. The molecule has 0 spiro atoms. The Morgan fingerprint density at radius 2 is 1.14 bits per heavy atom. The van der Waals surface area contributed by atoms with Crippen LogP contribution >= 0.6 is 0 Å². The van der Waals surface area contributed by atoms with E-state index in [0.717, 1.165) is 6.61 Å². The summed E-state index contributed by atoms with van der Waals surface area (Å²) in [5.41, 5.74) is 1.41. The standard InChI is InChI=1S/C20H40O/c1-4-6-8-10-12-13-15-17-20(3)19-21-18-16-14-11-9-7-5-2/h19H,4-18H2,1-3H3. The number of rotatable bonds is 16. The van der Waals surface area contributed by atoms with Gasteiger partial charge in [-0.05, 0) is 31.8 Å². The van der Waals surface area contributed by atoms with Crippen LogP contribution in [0, 0.1) is 0 Å². The lowest BCUT2D eigenvalue weighted by Crippen LogP contribution is -1.90. The van der Waals surface area contributed by atoms with E-state index in [1.165, 1.54) is 95.5 Å². The lowest BCUT2D eigenvalue weighted by Gasteiger charge is -2.05. The Labute approximate surface area is 134 Å². The van der Waals surface area contributed by atoms with Gasteiger partial charge in [0.1, 0.15) is 0 Å². The van der Waals surface area contributed by atoms with Gasteiger partial charge in [0.15, 0.2) is 0 Å². The molecule has 1 heteroatoms. The van der Waals surface area contributed by atoms with E-state index in [2.05, 4.69) is 20.8 Å². The molecule has 1 nitrogen and oxygen atoms in total. The minimum atomic E-state index is 0.903. The molecule has 21 heavy (non-hydrogen) atoms. The Bertz CT molecular complexity index is 220. The first-order valence-corrected chi connectivity index (χ1v) is 9.58. The van der Waals surface area contributed by atoms with E-state index >= 15 is 0 Å². The van der Waals surface area contributed by atoms with Crippen LogP contribution in [-0.2, 0) is 4.74 Å². The van der Waals surface area contributed by atoms with Crippen molar-refractivity contribution in [3.8, 4) is 0 Å². The molecule has 0 bridgehead atoms. The van der Waals surface area contributed by atoms with E-state index in [0.29, 0.717) is 0 Å². The van der Waals surface area contributed by atoms with Gasteiger partial charge in [-0.1, -0.05) is 84.5 Å². The summed E-state index contributed by atoms with van der Waals surface area (Å²) in [6.45, 7) is 7.65. The molecular weight excluding hydrogens is 256 g/mol. The van der Waals surface area contributed by atoms with Gasteiger partial charge in [0, 0.05) is 0 Å². The van der Waals surface area contributed by atoms with Gasteiger partial charge in [-0.25, -0.2) is 0 Å². The van der Waals surface area contributed by atoms with Crippen molar-refractivity contribution < 1.29 is 4.74 Å². The summed E-state index contributed by atoms with van der Waals surface area (Å²) in [4.78, 5) is 0. The second-order valence-corrected chi connectivity index (χ2v) is 6.47. The van der Waals surface area contributed by atoms with E-state index in [1.807, 2.05) is 6.26 Å². The normalized spacial score (nSPS) is 11.9. The third-order valence-electron chi connectivity index (χ3n) is 4.07. The molecule has 0 aliphatic heterocycles. The van der Waals surface area contributed by atoms with Crippen LogP contribution in [0.5, 0.6) is 0 Å². The highest BCUT2D eigenvalue weighted by Gasteiger charge is 1.94. The molecule has 0 aliphatic rings. The minimum absolute atomic E-state index is 0.903. The first-order chi connectivity index (χ1) is 10.3. The molecule has 0 saturated carbocycles. The SMILES string of the molecule is CCCCCCCCCC(C)=COCCCCCCCC. The lowest BCUT2D eigenvalue weighted by molar-refractivity contribution is 0.237. The summed E-state index contributed by atoms with van der Waals surface area (Å²) < 4.78 is 5.65. The molecule has 0 aromatic heterocycles. The second-order valence-electron chi connectivity index (χ2n) is 6.47. The number of hydrogen-bond acceptors (Lipinski definition) is 1. The second kappa shape index (κ2) is 17.6. The van der Waals surface area contributed by atoms with Crippen LogP contribution in [0.15, 0.2) is 11.8 Å². The number of hydrogen-bond donors (Lipinski definition) is 0. The molecule has 0 atom stereocenters. The van der Waals surface area contributed by atoms with Crippen molar-refractivity contribution in [2.24, 2.45) is 0 Å². The average Bonchev–Trinajstić information content (AvgIpc) is 2.49. The molecule has 0 rings (SSSR count). The van der Waals surface area contributed by atoms with Crippen LogP contribution in [0.3, 0.4) is 0 Å². The van der Waals surface area contributed by atoms with E-state index in [-0.39, 0.29) is 0 Å². The fourth-order valence-corrected chi connectivity index (χ4v) is 2.59. The molecule has 0 unspecified atom stereocenters. The summed E-state index contributed by atoms with van der Waals surface area (Å²) >= 11 is 0. The molecule has 0 saturated heterocycles. The summed E-state index contributed by atoms with van der Waals surface area (Å²) in [7, 11) is 0. The van der Waals surface area contributed by atoms with Gasteiger partial charge in [-0.15, -0.1) is 0 Å². The zero-order chi connectivity index (χ0) is 15.6. The maximum Gasteiger partial charge on any atom is 0.0873 e. The lowest BCUT2D eigenvalue weighted by atomic mass is 10.1. The smallest absolute Gasteiger partial charge is 0.0873 e. The van der Waals surface area contributed by atoms with E-state index in [9.17, 15) is 0 Å². The first kappa shape index (κ1) is 20.5. The fraction of sp³-hybridized carbons (Fsp3) is 0.900. The topological polar surface area (TPSA) is 9.23 Å². The molecule has 0 aromatic rings. The van der Waals surface area contributed by atoms with Gasteiger partial charge in [0.25, 0.3) is 0 Å². The zero-order valence-electron chi connectivity index (χ0n) is 15.1. The van der Waals surface area contributed by atoms with Crippen LogP contribution < -0.4 is 0 Å². The van der Waals surface area contributed by atoms with E-state index in [1.54, 1.807) is 0 Å². The summed E-state index contributed by atoms with van der Waals surface area (Å²) in [6.07, 6.45) is 21.0. The third-order valence-corrected chi connectivity index (χ3v) is 4.07. The Morgan fingerprint density at radius 3 is 1.71 bits per heavy atom. The van der Waals surface area contributed by atoms with Gasteiger partial charge < -0.3 is 4.74 Å². The maximum absolute atomic E-state index is 5.65. The molecular formula is C20H40O. The Hall–Kier alpha value is -0.460. The van der Waals surface area contributed by atoms with E-state index < -0.39 is 0 Å². The van der Waals surface area contributed by atoms with E-state index in [4.69, 9.17) is 4.74 Å². The predicted molar refractivity (Wildman–Crippen MR) is 95.7 cm³/mol. The Balaban J connectivity index is 3.25. The number of ether oxygens (including phenoxy) is 1. The zero-order valence-corrected chi connectivity index (χ0v) is 15.1. The molecule has 0 fully saturated rings. The quantitative estimate of drug-likeness (QED) is 0.213. The fourth-order valence-electron chi connectivity index (χ4n) is 2.59. The van der Waals surface area contributed by atoms with Crippen LogP contribution in [0.2, 0.25) is 0 Å². The third kappa shape index (κ3) is 17.5. The van der Waals surface area contributed by atoms with Crippen molar-refractivity contribution in [3.05, 3.63) is 11.8 Å². The van der Waals surface area contributed by atoms with Gasteiger partial charge in [-0.3, -0.25) is 0 Å². The van der Waals surface area contributed by atoms with Gasteiger partial charge in [-0.2, -0.15) is 0 Å². The summed E-state index contributed by atoms with van der Waals surface area (Å²) in [6, 6.07) is 0. The largest absolute Gasteiger partial charge is 0.501 e. The van der Waals surface area contributed by atoms with Crippen molar-refractivity contribution in [3.63, 3.8) is 0 Å². The average molecular weight is 297 g/mol.